The zero-order valence-electron chi connectivity index (χ0n) is 17.3. The Bertz CT molecular complexity index is 1380. The molecule has 1 unspecified atom stereocenters. The molecule has 1 atom stereocenters. The number of para-hydroxylation sites is 1. The van der Waals surface area contributed by atoms with Crippen LogP contribution in [0, 0.1) is 0 Å². The molecule has 0 spiro atoms. The van der Waals surface area contributed by atoms with Gasteiger partial charge in [0.25, 0.3) is 5.56 Å². The van der Waals surface area contributed by atoms with Gasteiger partial charge in [-0.15, -0.1) is 0 Å². The molecule has 1 aromatic heterocycles. The normalized spacial score (nSPS) is 14.2. The van der Waals surface area contributed by atoms with E-state index < -0.39 is 17.7 Å². The number of rotatable bonds is 4. The second-order valence-electron chi connectivity index (χ2n) is 7.60. The summed E-state index contributed by atoms with van der Waals surface area (Å²) in [5.41, 5.74) is 4.36. The van der Waals surface area contributed by atoms with Gasteiger partial charge in [0.2, 0.25) is 0 Å². The fraction of sp³-hybridized carbons (Fsp3) is 0.120. The molecule has 2 N–H and O–H groups in total. The summed E-state index contributed by atoms with van der Waals surface area (Å²) in [6.07, 6.45) is 0.453. The highest BCUT2D eigenvalue weighted by Gasteiger charge is 2.28. The number of hydrogen-bond acceptors (Lipinski definition) is 5. The summed E-state index contributed by atoms with van der Waals surface area (Å²) >= 11 is 0. The largest absolute Gasteiger partial charge is 0.478 e. The SMILES string of the molecule is CCc1ccc(-c2nn3c(nc2=O)-c2ccccc2NC3c2ccc(C(=O)O)cc2)cc1. The van der Waals surface area contributed by atoms with E-state index in [0.717, 1.165) is 23.2 Å². The summed E-state index contributed by atoms with van der Waals surface area (Å²) in [5, 5.41) is 17.4. The maximum atomic E-state index is 12.9. The molecular weight excluding hydrogens is 404 g/mol. The molecule has 1 aliphatic heterocycles. The zero-order valence-corrected chi connectivity index (χ0v) is 17.3. The minimum Gasteiger partial charge on any atom is -0.478 e. The number of carboxylic acid groups (broad SMARTS) is 1. The van der Waals surface area contributed by atoms with Crippen LogP contribution in [0.5, 0.6) is 0 Å². The van der Waals surface area contributed by atoms with Gasteiger partial charge in [-0.1, -0.05) is 55.5 Å². The number of fused-ring (bicyclic) bond motifs is 3. The van der Waals surface area contributed by atoms with Crippen molar-refractivity contribution in [2.24, 2.45) is 0 Å². The first kappa shape index (κ1) is 19.7. The number of nitrogens with zero attached hydrogens (tertiary/aromatic N) is 3. The Morgan fingerprint density at radius 2 is 1.75 bits per heavy atom. The molecule has 0 radical (unpaired) electrons. The number of nitrogens with one attached hydrogen (secondary N) is 1. The lowest BCUT2D eigenvalue weighted by molar-refractivity contribution is 0.0697. The first-order valence-electron chi connectivity index (χ1n) is 10.3. The number of aromatic carboxylic acids is 1. The Hall–Kier alpha value is -4.26. The monoisotopic (exact) mass is 424 g/mol. The van der Waals surface area contributed by atoms with Gasteiger partial charge in [-0.2, -0.15) is 10.1 Å². The van der Waals surface area contributed by atoms with Crippen LogP contribution in [0.15, 0.2) is 77.6 Å². The van der Waals surface area contributed by atoms with Crippen molar-refractivity contribution in [3.05, 3.63) is 99.8 Å². The number of anilines is 1. The Balaban J connectivity index is 1.68. The van der Waals surface area contributed by atoms with E-state index in [1.165, 1.54) is 5.56 Å². The molecule has 0 amide bonds. The quantitative estimate of drug-likeness (QED) is 0.510. The van der Waals surface area contributed by atoms with Crippen LogP contribution in [0.1, 0.15) is 34.6 Å². The molecule has 158 valence electrons. The van der Waals surface area contributed by atoms with Gasteiger partial charge in [0, 0.05) is 16.8 Å². The van der Waals surface area contributed by atoms with Crippen molar-refractivity contribution in [1.82, 2.24) is 14.8 Å². The van der Waals surface area contributed by atoms with E-state index in [4.69, 9.17) is 5.10 Å². The Kier molecular flexibility index (Phi) is 4.78. The third kappa shape index (κ3) is 3.33. The smallest absolute Gasteiger partial charge is 0.335 e. The number of carbonyl (C=O) groups is 1. The van der Waals surface area contributed by atoms with Crippen molar-refractivity contribution in [3.8, 4) is 22.6 Å². The fourth-order valence-corrected chi connectivity index (χ4v) is 3.89. The molecule has 4 aromatic rings. The summed E-state index contributed by atoms with van der Waals surface area (Å²) in [4.78, 5) is 28.6. The number of aryl methyl sites for hydroxylation is 1. The molecular formula is C25H20N4O3. The highest BCUT2D eigenvalue weighted by Crippen LogP contribution is 2.36. The predicted molar refractivity (Wildman–Crippen MR) is 122 cm³/mol. The molecule has 3 aromatic carbocycles. The molecule has 0 bridgehead atoms. The van der Waals surface area contributed by atoms with Crippen LogP contribution in [-0.4, -0.2) is 25.8 Å². The number of hydrogen-bond donors (Lipinski definition) is 2. The van der Waals surface area contributed by atoms with Crippen molar-refractivity contribution in [3.63, 3.8) is 0 Å². The predicted octanol–water partition coefficient (Wildman–Crippen LogP) is 4.21. The summed E-state index contributed by atoms with van der Waals surface area (Å²) in [6.45, 7) is 2.08. The number of carboxylic acids is 1. The van der Waals surface area contributed by atoms with E-state index in [1.807, 2.05) is 48.5 Å². The topological polar surface area (TPSA) is 97.1 Å². The summed E-state index contributed by atoms with van der Waals surface area (Å²) in [7, 11) is 0. The van der Waals surface area contributed by atoms with E-state index in [1.54, 1.807) is 28.9 Å². The van der Waals surface area contributed by atoms with E-state index in [0.29, 0.717) is 11.4 Å². The second-order valence-corrected chi connectivity index (χ2v) is 7.60. The van der Waals surface area contributed by atoms with Crippen LogP contribution in [0.2, 0.25) is 0 Å². The molecule has 5 rings (SSSR count). The molecule has 1 aliphatic rings. The zero-order chi connectivity index (χ0) is 22.2. The van der Waals surface area contributed by atoms with E-state index >= 15 is 0 Å². The van der Waals surface area contributed by atoms with E-state index in [-0.39, 0.29) is 11.3 Å². The maximum Gasteiger partial charge on any atom is 0.335 e. The number of benzene rings is 3. The summed E-state index contributed by atoms with van der Waals surface area (Å²) in [6, 6.07) is 21.9. The Labute approximate surface area is 184 Å². The van der Waals surface area contributed by atoms with Gasteiger partial charge >= 0.3 is 5.97 Å². The molecule has 0 saturated heterocycles. The first-order chi connectivity index (χ1) is 15.5. The maximum absolute atomic E-state index is 12.9. The van der Waals surface area contributed by atoms with Gasteiger partial charge < -0.3 is 10.4 Å². The Morgan fingerprint density at radius 3 is 2.44 bits per heavy atom. The van der Waals surface area contributed by atoms with E-state index in [2.05, 4.69) is 17.2 Å². The lowest BCUT2D eigenvalue weighted by Gasteiger charge is -2.30. The number of aromatic nitrogens is 3. The van der Waals surface area contributed by atoms with Crippen LogP contribution in [0.4, 0.5) is 5.69 Å². The van der Waals surface area contributed by atoms with Gasteiger partial charge in [-0.05, 0) is 41.8 Å². The molecule has 7 heteroatoms. The molecule has 32 heavy (non-hydrogen) atoms. The fourth-order valence-electron chi connectivity index (χ4n) is 3.89. The molecule has 0 aliphatic carbocycles. The van der Waals surface area contributed by atoms with Gasteiger partial charge in [-0.25, -0.2) is 9.48 Å². The first-order valence-corrected chi connectivity index (χ1v) is 10.3. The van der Waals surface area contributed by atoms with Gasteiger partial charge in [0.15, 0.2) is 11.5 Å². The summed E-state index contributed by atoms with van der Waals surface area (Å²) < 4.78 is 1.70. The van der Waals surface area contributed by atoms with E-state index in [9.17, 15) is 14.7 Å². The molecule has 2 heterocycles. The minimum atomic E-state index is -0.986. The summed E-state index contributed by atoms with van der Waals surface area (Å²) in [5.74, 6) is -0.522. The standard InChI is InChI=1S/C25H20N4O3/c1-2-15-7-9-16(10-8-15)21-24(30)27-23-19-5-3-4-6-20(19)26-22(29(23)28-21)17-11-13-18(14-12-17)25(31)32/h3-14,22,26H,2H2,1H3,(H,31,32). The van der Waals surface area contributed by atoms with Gasteiger partial charge in [0.1, 0.15) is 6.17 Å². The van der Waals surface area contributed by atoms with Gasteiger partial charge in [-0.3, -0.25) is 4.79 Å². The van der Waals surface area contributed by atoms with Crippen molar-refractivity contribution in [2.45, 2.75) is 19.5 Å². The average molecular weight is 424 g/mol. The second kappa shape index (κ2) is 7.77. The molecule has 0 fully saturated rings. The van der Waals surface area contributed by atoms with Gasteiger partial charge in [0.05, 0.1) is 5.56 Å². The minimum absolute atomic E-state index is 0.202. The van der Waals surface area contributed by atoms with Crippen molar-refractivity contribution in [1.29, 1.82) is 0 Å². The third-order valence-electron chi connectivity index (χ3n) is 5.65. The molecule has 7 nitrogen and oxygen atoms in total. The Morgan fingerprint density at radius 1 is 1.03 bits per heavy atom. The van der Waals surface area contributed by atoms with Crippen LogP contribution < -0.4 is 10.9 Å². The highest BCUT2D eigenvalue weighted by molar-refractivity contribution is 5.87. The lowest BCUT2D eigenvalue weighted by Crippen LogP contribution is -2.32. The van der Waals surface area contributed by atoms with Crippen LogP contribution in [-0.2, 0) is 6.42 Å². The van der Waals surface area contributed by atoms with Crippen LogP contribution >= 0.6 is 0 Å². The lowest BCUT2D eigenvalue weighted by atomic mass is 10.0. The van der Waals surface area contributed by atoms with Crippen molar-refractivity contribution >= 4 is 11.7 Å². The highest BCUT2D eigenvalue weighted by atomic mass is 16.4. The molecule has 0 saturated carbocycles. The van der Waals surface area contributed by atoms with Crippen molar-refractivity contribution < 1.29 is 9.90 Å². The average Bonchev–Trinajstić information content (AvgIpc) is 2.83. The van der Waals surface area contributed by atoms with Crippen LogP contribution in [0.3, 0.4) is 0 Å². The van der Waals surface area contributed by atoms with Crippen molar-refractivity contribution in [2.75, 3.05) is 5.32 Å². The third-order valence-corrected chi connectivity index (χ3v) is 5.65. The van der Waals surface area contributed by atoms with Crippen LogP contribution in [0.25, 0.3) is 22.6 Å².